The van der Waals surface area contributed by atoms with Crippen LogP contribution in [0.4, 0.5) is 0 Å². The van der Waals surface area contributed by atoms with Crippen LogP contribution in [0.25, 0.3) is 0 Å². The third kappa shape index (κ3) is 2.45. The van der Waals surface area contributed by atoms with Crippen LogP contribution in [-0.2, 0) is 5.75 Å². The number of carboxylic acid groups (broad SMARTS) is 1. The molecule has 0 aliphatic rings. The van der Waals surface area contributed by atoms with Crippen LogP contribution in [0.15, 0.2) is 26.5 Å². The minimum absolute atomic E-state index is 0.0146. The molecule has 0 radical (unpaired) electrons. The third-order valence-electron chi connectivity index (χ3n) is 1.89. The molecular weight excluding hydrogens is 246 g/mol. The summed E-state index contributed by atoms with van der Waals surface area (Å²) >= 11 is 3.07. The Balaban J connectivity index is 2.04. The van der Waals surface area contributed by atoms with Crippen molar-refractivity contribution in [3.05, 3.63) is 34.7 Å². The molecule has 6 heteroatoms. The van der Waals surface area contributed by atoms with Crippen molar-refractivity contribution in [1.82, 2.24) is 4.98 Å². The highest BCUT2D eigenvalue weighted by molar-refractivity contribution is 8.00. The maximum Gasteiger partial charge on any atom is 0.372 e. The first-order valence-electron chi connectivity index (χ1n) is 4.51. The fourth-order valence-corrected chi connectivity index (χ4v) is 3.00. The van der Waals surface area contributed by atoms with Crippen LogP contribution in [0.2, 0.25) is 0 Å². The van der Waals surface area contributed by atoms with Crippen LogP contribution in [0.1, 0.15) is 21.8 Å². The molecule has 0 aliphatic carbocycles. The molecule has 2 heterocycles. The number of aromatic carboxylic acids is 1. The van der Waals surface area contributed by atoms with Gasteiger partial charge in [-0.2, -0.15) is 0 Å². The molecule has 84 valence electrons. The van der Waals surface area contributed by atoms with Crippen LogP contribution in [0.3, 0.4) is 0 Å². The molecule has 2 aromatic heterocycles. The number of nitrogens with zero attached hydrogens (tertiary/aromatic N) is 1. The van der Waals surface area contributed by atoms with E-state index in [1.165, 1.54) is 18.0 Å². The number of hydrogen-bond donors (Lipinski definition) is 1. The lowest BCUT2D eigenvalue weighted by Crippen LogP contribution is -1.97. The molecule has 4 nitrogen and oxygen atoms in total. The van der Waals surface area contributed by atoms with E-state index in [1.807, 2.05) is 12.3 Å². The summed E-state index contributed by atoms with van der Waals surface area (Å²) in [5, 5.41) is 10.8. The zero-order valence-corrected chi connectivity index (χ0v) is 10.1. The van der Waals surface area contributed by atoms with E-state index in [2.05, 4.69) is 4.98 Å². The standard InChI is InChI=1S/C10H9NO3S2/c1-6-4-15-10(11-6)16-5-7-2-3-14-8(7)9(12)13/h2-4H,5H2,1H3,(H,12,13). The van der Waals surface area contributed by atoms with Gasteiger partial charge in [0.2, 0.25) is 5.76 Å². The minimum atomic E-state index is -1.03. The Hall–Kier alpha value is -1.27. The van der Waals surface area contributed by atoms with Crippen LogP contribution in [0.5, 0.6) is 0 Å². The van der Waals surface area contributed by atoms with Gasteiger partial charge in [-0.25, -0.2) is 9.78 Å². The van der Waals surface area contributed by atoms with Crippen molar-refractivity contribution in [2.45, 2.75) is 17.0 Å². The van der Waals surface area contributed by atoms with E-state index < -0.39 is 5.97 Å². The van der Waals surface area contributed by atoms with Crippen molar-refractivity contribution >= 4 is 29.1 Å². The highest BCUT2D eigenvalue weighted by atomic mass is 32.2. The van der Waals surface area contributed by atoms with E-state index in [9.17, 15) is 4.79 Å². The van der Waals surface area contributed by atoms with Gasteiger partial charge in [0.1, 0.15) is 4.34 Å². The highest BCUT2D eigenvalue weighted by Crippen LogP contribution is 2.27. The normalized spacial score (nSPS) is 10.6. The summed E-state index contributed by atoms with van der Waals surface area (Å²) in [6.45, 7) is 1.93. The topological polar surface area (TPSA) is 63.3 Å². The molecule has 0 atom stereocenters. The molecule has 2 aromatic rings. The Morgan fingerprint density at radius 2 is 2.50 bits per heavy atom. The summed E-state index contributed by atoms with van der Waals surface area (Å²) < 4.78 is 5.83. The quantitative estimate of drug-likeness (QED) is 0.851. The lowest BCUT2D eigenvalue weighted by Gasteiger charge is -1.96. The van der Waals surface area contributed by atoms with Crippen LogP contribution in [0, 0.1) is 6.92 Å². The number of thioether (sulfide) groups is 1. The first-order chi connectivity index (χ1) is 7.66. The molecular formula is C10H9NO3S2. The van der Waals surface area contributed by atoms with Gasteiger partial charge in [-0.1, -0.05) is 11.8 Å². The van der Waals surface area contributed by atoms with Crippen molar-refractivity contribution in [1.29, 1.82) is 0 Å². The number of carbonyl (C=O) groups is 1. The van der Waals surface area contributed by atoms with Gasteiger partial charge in [-0.05, 0) is 13.0 Å². The van der Waals surface area contributed by atoms with Gasteiger partial charge in [0.25, 0.3) is 0 Å². The summed E-state index contributed by atoms with van der Waals surface area (Å²) in [5.74, 6) is -0.456. The molecule has 16 heavy (non-hydrogen) atoms. The van der Waals surface area contributed by atoms with E-state index >= 15 is 0 Å². The summed E-state index contributed by atoms with van der Waals surface area (Å²) in [7, 11) is 0. The van der Waals surface area contributed by atoms with Gasteiger partial charge in [-0.15, -0.1) is 11.3 Å². The minimum Gasteiger partial charge on any atom is -0.475 e. The summed E-state index contributed by atoms with van der Waals surface area (Å²) in [5.41, 5.74) is 1.67. The smallest absolute Gasteiger partial charge is 0.372 e. The average molecular weight is 255 g/mol. The first kappa shape index (κ1) is 11.2. The summed E-state index contributed by atoms with van der Waals surface area (Å²) in [6, 6.07) is 1.68. The molecule has 0 spiro atoms. The fraction of sp³-hybridized carbons (Fsp3) is 0.200. The zero-order valence-electron chi connectivity index (χ0n) is 8.47. The first-order valence-corrected chi connectivity index (χ1v) is 6.38. The van der Waals surface area contributed by atoms with Gasteiger partial charge in [-0.3, -0.25) is 0 Å². The number of aryl methyl sites for hydroxylation is 1. The average Bonchev–Trinajstić information content (AvgIpc) is 2.83. The molecule has 0 amide bonds. The van der Waals surface area contributed by atoms with Gasteiger partial charge in [0.15, 0.2) is 0 Å². The zero-order chi connectivity index (χ0) is 11.5. The number of hydrogen-bond acceptors (Lipinski definition) is 5. The van der Waals surface area contributed by atoms with Crippen LogP contribution in [-0.4, -0.2) is 16.1 Å². The Morgan fingerprint density at radius 3 is 3.12 bits per heavy atom. The monoisotopic (exact) mass is 255 g/mol. The molecule has 0 bridgehead atoms. The van der Waals surface area contributed by atoms with E-state index in [-0.39, 0.29) is 5.76 Å². The van der Waals surface area contributed by atoms with E-state index in [1.54, 1.807) is 17.4 Å². The van der Waals surface area contributed by atoms with Crippen molar-refractivity contribution in [2.24, 2.45) is 0 Å². The number of carboxylic acids is 1. The lowest BCUT2D eigenvalue weighted by atomic mass is 10.3. The molecule has 0 unspecified atom stereocenters. The fourth-order valence-electron chi connectivity index (χ4n) is 1.18. The van der Waals surface area contributed by atoms with Gasteiger partial charge in [0.05, 0.1) is 6.26 Å². The third-order valence-corrected chi connectivity index (χ3v) is 4.08. The largest absolute Gasteiger partial charge is 0.475 e. The lowest BCUT2D eigenvalue weighted by molar-refractivity contribution is 0.0661. The number of aromatic nitrogens is 1. The second kappa shape index (κ2) is 4.71. The van der Waals surface area contributed by atoms with Crippen molar-refractivity contribution in [3.8, 4) is 0 Å². The summed E-state index contributed by atoms with van der Waals surface area (Å²) in [6.07, 6.45) is 1.40. The van der Waals surface area contributed by atoms with Crippen LogP contribution < -0.4 is 0 Å². The Labute approximate surface area is 100 Å². The number of thiazole rings is 1. The molecule has 0 fully saturated rings. The van der Waals surface area contributed by atoms with E-state index in [0.717, 1.165) is 10.0 Å². The second-order valence-electron chi connectivity index (χ2n) is 3.12. The van der Waals surface area contributed by atoms with Crippen molar-refractivity contribution in [2.75, 3.05) is 0 Å². The molecule has 0 aromatic carbocycles. The molecule has 0 saturated carbocycles. The van der Waals surface area contributed by atoms with Crippen molar-refractivity contribution in [3.63, 3.8) is 0 Å². The predicted octanol–water partition coefficient (Wildman–Crippen LogP) is 3.04. The summed E-state index contributed by atoms with van der Waals surface area (Å²) in [4.78, 5) is 15.1. The highest BCUT2D eigenvalue weighted by Gasteiger charge is 2.14. The Kier molecular flexibility index (Phi) is 3.31. The van der Waals surface area contributed by atoms with E-state index in [0.29, 0.717) is 11.3 Å². The predicted molar refractivity (Wildman–Crippen MR) is 62.1 cm³/mol. The van der Waals surface area contributed by atoms with Crippen LogP contribution >= 0.6 is 23.1 Å². The van der Waals surface area contributed by atoms with Crippen molar-refractivity contribution < 1.29 is 14.3 Å². The van der Waals surface area contributed by atoms with Gasteiger partial charge >= 0.3 is 5.97 Å². The molecule has 2 rings (SSSR count). The number of furan rings is 1. The van der Waals surface area contributed by atoms with Gasteiger partial charge < -0.3 is 9.52 Å². The Bertz CT molecular complexity index is 504. The molecule has 1 N–H and O–H groups in total. The Morgan fingerprint density at radius 1 is 1.69 bits per heavy atom. The van der Waals surface area contributed by atoms with Gasteiger partial charge in [0, 0.05) is 22.4 Å². The number of rotatable bonds is 4. The molecule has 0 saturated heterocycles. The SMILES string of the molecule is Cc1csc(SCc2ccoc2C(=O)O)n1. The van der Waals surface area contributed by atoms with E-state index in [4.69, 9.17) is 9.52 Å². The molecule has 0 aliphatic heterocycles. The second-order valence-corrected chi connectivity index (χ2v) is 5.20. The maximum atomic E-state index is 10.8. The maximum absolute atomic E-state index is 10.8.